The van der Waals surface area contributed by atoms with Crippen molar-refractivity contribution in [3.8, 4) is 5.75 Å². The summed E-state index contributed by atoms with van der Waals surface area (Å²) in [6.45, 7) is 2.00. The molecule has 0 saturated carbocycles. The maximum atomic E-state index is 5.98. The van der Waals surface area contributed by atoms with Crippen LogP contribution in [0.25, 0.3) is 0 Å². The largest absolute Gasteiger partial charge is 0.496 e. The van der Waals surface area contributed by atoms with Gasteiger partial charge in [0.2, 0.25) is 0 Å². The van der Waals surface area contributed by atoms with Gasteiger partial charge in [-0.25, -0.2) is 0 Å². The third-order valence-electron chi connectivity index (χ3n) is 4.14. The van der Waals surface area contributed by atoms with Gasteiger partial charge in [-0.05, 0) is 18.9 Å². The lowest BCUT2D eigenvalue weighted by atomic mass is 10.0. The van der Waals surface area contributed by atoms with Gasteiger partial charge in [0.1, 0.15) is 5.75 Å². The summed E-state index contributed by atoms with van der Waals surface area (Å²) in [4.78, 5) is 2.37. The van der Waals surface area contributed by atoms with Crippen molar-refractivity contribution < 1.29 is 4.74 Å². The van der Waals surface area contributed by atoms with E-state index in [2.05, 4.69) is 21.2 Å². The van der Waals surface area contributed by atoms with Crippen molar-refractivity contribution in [3.05, 3.63) is 41.7 Å². The molecule has 21 heavy (non-hydrogen) atoms. The van der Waals surface area contributed by atoms with Crippen LogP contribution in [0.1, 0.15) is 24.1 Å². The number of aromatic nitrogens is 2. The summed E-state index contributed by atoms with van der Waals surface area (Å²) in [5.41, 5.74) is 9.47. The van der Waals surface area contributed by atoms with Gasteiger partial charge in [-0.2, -0.15) is 5.10 Å². The van der Waals surface area contributed by atoms with E-state index in [1.807, 2.05) is 24.4 Å². The molecule has 0 unspecified atom stereocenters. The summed E-state index contributed by atoms with van der Waals surface area (Å²) >= 11 is 0. The minimum atomic E-state index is 0.339. The number of H-pyrrole nitrogens is 1. The lowest BCUT2D eigenvalue weighted by Gasteiger charge is -2.31. The Balaban J connectivity index is 1.79. The van der Waals surface area contributed by atoms with Crippen molar-refractivity contribution in [2.45, 2.75) is 25.3 Å². The summed E-state index contributed by atoms with van der Waals surface area (Å²) in [7, 11) is 1.71. The molecule has 0 spiro atoms. The quantitative estimate of drug-likeness (QED) is 0.901. The van der Waals surface area contributed by atoms with Crippen LogP contribution in [-0.2, 0) is 6.42 Å². The normalized spacial score (nSPS) is 16.2. The van der Waals surface area contributed by atoms with Crippen molar-refractivity contribution >= 4 is 5.69 Å². The number of ether oxygens (including phenoxy) is 1. The van der Waals surface area contributed by atoms with Crippen LogP contribution in [0.5, 0.6) is 5.75 Å². The molecule has 5 heteroatoms. The minimum absolute atomic E-state index is 0.339. The standard InChI is InChI=1S/C16H22N4O/c1-21-16-5-3-2-4-12(16)10-14-15(11-18-19-14)20-8-6-13(17)7-9-20/h2-5,11,13H,6-10,17H2,1H3,(H,18,19). The van der Waals surface area contributed by atoms with Gasteiger partial charge in [0.05, 0.1) is 24.7 Å². The Morgan fingerprint density at radius 2 is 2.10 bits per heavy atom. The Morgan fingerprint density at radius 1 is 1.33 bits per heavy atom. The first-order valence-electron chi connectivity index (χ1n) is 7.42. The van der Waals surface area contributed by atoms with E-state index in [0.29, 0.717) is 6.04 Å². The number of aromatic amines is 1. The fourth-order valence-corrected chi connectivity index (χ4v) is 2.89. The average Bonchev–Trinajstić information content (AvgIpc) is 2.97. The molecule has 1 aromatic carbocycles. The number of nitrogens with one attached hydrogen (secondary N) is 1. The second kappa shape index (κ2) is 6.18. The first kappa shape index (κ1) is 13.9. The number of methoxy groups -OCH3 is 1. The maximum Gasteiger partial charge on any atom is 0.122 e. The Labute approximate surface area is 125 Å². The van der Waals surface area contributed by atoms with Crippen molar-refractivity contribution in [1.82, 2.24) is 10.2 Å². The van der Waals surface area contributed by atoms with Gasteiger partial charge in [0, 0.05) is 31.1 Å². The third-order valence-corrected chi connectivity index (χ3v) is 4.14. The van der Waals surface area contributed by atoms with Crippen LogP contribution in [0.3, 0.4) is 0 Å². The Hall–Kier alpha value is -2.01. The van der Waals surface area contributed by atoms with Crippen molar-refractivity contribution in [3.63, 3.8) is 0 Å². The number of hydrogen-bond acceptors (Lipinski definition) is 4. The van der Waals surface area contributed by atoms with Crippen LogP contribution in [0.4, 0.5) is 5.69 Å². The van der Waals surface area contributed by atoms with Crippen LogP contribution < -0.4 is 15.4 Å². The molecule has 2 aromatic rings. The molecule has 1 fully saturated rings. The second-order valence-corrected chi connectivity index (χ2v) is 5.55. The molecular formula is C16H22N4O. The van der Waals surface area contributed by atoms with Gasteiger partial charge in [-0.3, -0.25) is 5.10 Å². The van der Waals surface area contributed by atoms with Crippen molar-refractivity contribution in [1.29, 1.82) is 0 Å². The molecule has 1 saturated heterocycles. The van der Waals surface area contributed by atoms with E-state index < -0.39 is 0 Å². The fourth-order valence-electron chi connectivity index (χ4n) is 2.89. The van der Waals surface area contributed by atoms with E-state index >= 15 is 0 Å². The van der Waals surface area contributed by atoms with Crippen LogP contribution in [0.15, 0.2) is 30.5 Å². The number of nitrogens with zero attached hydrogens (tertiary/aromatic N) is 2. The highest BCUT2D eigenvalue weighted by molar-refractivity contribution is 5.52. The zero-order chi connectivity index (χ0) is 14.7. The average molecular weight is 286 g/mol. The molecule has 3 N–H and O–H groups in total. The summed E-state index contributed by atoms with van der Waals surface area (Å²) in [6.07, 6.45) is 4.79. The topological polar surface area (TPSA) is 67.2 Å². The molecular weight excluding hydrogens is 264 g/mol. The number of rotatable bonds is 4. The Morgan fingerprint density at radius 3 is 2.86 bits per heavy atom. The molecule has 2 heterocycles. The summed E-state index contributed by atoms with van der Waals surface area (Å²) < 4.78 is 5.43. The number of para-hydroxylation sites is 1. The number of nitrogens with two attached hydrogens (primary N) is 1. The highest BCUT2D eigenvalue weighted by Gasteiger charge is 2.20. The third kappa shape index (κ3) is 3.03. The van der Waals surface area contributed by atoms with E-state index in [0.717, 1.165) is 43.8 Å². The van der Waals surface area contributed by atoms with E-state index in [-0.39, 0.29) is 0 Å². The molecule has 5 nitrogen and oxygen atoms in total. The highest BCUT2D eigenvalue weighted by atomic mass is 16.5. The SMILES string of the molecule is COc1ccccc1Cc1[nH]ncc1N1CCC(N)CC1. The summed E-state index contributed by atoms with van der Waals surface area (Å²) in [5, 5.41) is 7.36. The van der Waals surface area contributed by atoms with Gasteiger partial charge in [-0.15, -0.1) is 0 Å². The van der Waals surface area contributed by atoms with Gasteiger partial charge >= 0.3 is 0 Å². The number of hydrogen-bond donors (Lipinski definition) is 2. The molecule has 1 aliphatic heterocycles. The number of benzene rings is 1. The summed E-state index contributed by atoms with van der Waals surface area (Å²) in [6, 6.07) is 8.45. The first-order valence-corrected chi connectivity index (χ1v) is 7.42. The molecule has 3 rings (SSSR count). The first-order chi connectivity index (χ1) is 10.3. The van der Waals surface area contributed by atoms with Crippen molar-refractivity contribution in [2.24, 2.45) is 5.73 Å². The van der Waals surface area contributed by atoms with Gasteiger partial charge in [-0.1, -0.05) is 18.2 Å². The van der Waals surface area contributed by atoms with Crippen LogP contribution >= 0.6 is 0 Å². The Kier molecular flexibility index (Phi) is 4.10. The monoisotopic (exact) mass is 286 g/mol. The van der Waals surface area contributed by atoms with E-state index in [4.69, 9.17) is 10.5 Å². The molecule has 1 aromatic heterocycles. The van der Waals surface area contributed by atoms with Gasteiger partial charge in [0.15, 0.2) is 0 Å². The maximum absolute atomic E-state index is 5.98. The fraction of sp³-hybridized carbons (Fsp3) is 0.438. The highest BCUT2D eigenvalue weighted by Crippen LogP contribution is 2.27. The zero-order valence-corrected chi connectivity index (χ0v) is 12.4. The lowest BCUT2D eigenvalue weighted by molar-refractivity contribution is 0.410. The second-order valence-electron chi connectivity index (χ2n) is 5.55. The van der Waals surface area contributed by atoms with Gasteiger partial charge < -0.3 is 15.4 Å². The molecule has 0 bridgehead atoms. The molecule has 112 valence electrons. The lowest BCUT2D eigenvalue weighted by Crippen LogP contribution is -2.39. The van der Waals surface area contributed by atoms with E-state index in [1.54, 1.807) is 7.11 Å². The predicted octanol–water partition coefficient (Wildman–Crippen LogP) is 1.94. The van der Waals surface area contributed by atoms with Gasteiger partial charge in [0.25, 0.3) is 0 Å². The molecule has 0 atom stereocenters. The molecule has 0 amide bonds. The van der Waals surface area contributed by atoms with Crippen LogP contribution in [0, 0.1) is 0 Å². The Bertz CT molecular complexity index is 587. The van der Waals surface area contributed by atoms with Crippen LogP contribution in [-0.4, -0.2) is 36.4 Å². The van der Waals surface area contributed by atoms with E-state index in [9.17, 15) is 0 Å². The number of anilines is 1. The smallest absolute Gasteiger partial charge is 0.122 e. The predicted molar refractivity (Wildman–Crippen MR) is 83.8 cm³/mol. The van der Waals surface area contributed by atoms with E-state index in [1.165, 1.54) is 11.3 Å². The zero-order valence-electron chi connectivity index (χ0n) is 12.4. The molecule has 0 aliphatic carbocycles. The summed E-state index contributed by atoms with van der Waals surface area (Å²) in [5.74, 6) is 0.915. The number of piperidine rings is 1. The molecule has 1 aliphatic rings. The van der Waals surface area contributed by atoms with Crippen LogP contribution in [0.2, 0.25) is 0 Å². The molecule has 0 radical (unpaired) electrons. The minimum Gasteiger partial charge on any atom is -0.496 e. The van der Waals surface area contributed by atoms with Crippen molar-refractivity contribution in [2.75, 3.05) is 25.1 Å².